The Morgan fingerprint density at radius 1 is 1.50 bits per heavy atom. The lowest BCUT2D eigenvalue weighted by Crippen LogP contribution is -2.23. The number of hydrogen-bond donors (Lipinski definition) is 1. The molecule has 0 aliphatic heterocycles. The smallest absolute Gasteiger partial charge is 0.0214 e. The SMILES string of the molecule is CC#CCCNCC(C)CSC. The first-order chi connectivity index (χ1) is 5.81. The van der Waals surface area contributed by atoms with Gasteiger partial charge in [-0.3, -0.25) is 0 Å². The van der Waals surface area contributed by atoms with Crippen LogP contribution in [0.5, 0.6) is 0 Å². The highest BCUT2D eigenvalue weighted by atomic mass is 32.2. The van der Waals surface area contributed by atoms with Crippen LogP contribution in [0.15, 0.2) is 0 Å². The summed E-state index contributed by atoms with van der Waals surface area (Å²) in [7, 11) is 0. The van der Waals surface area contributed by atoms with E-state index in [0.29, 0.717) is 0 Å². The van der Waals surface area contributed by atoms with Gasteiger partial charge in [0.15, 0.2) is 0 Å². The molecule has 0 saturated heterocycles. The summed E-state index contributed by atoms with van der Waals surface area (Å²) in [6, 6.07) is 0. The number of hydrogen-bond acceptors (Lipinski definition) is 2. The van der Waals surface area contributed by atoms with Crippen LogP contribution in [0.2, 0.25) is 0 Å². The second kappa shape index (κ2) is 8.96. The molecule has 0 radical (unpaired) electrons. The maximum absolute atomic E-state index is 3.39. The molecule has 0 aromatic rings. The highest BCUT2D eigenvalue weighted by Gasteiger charge is 1.98. The first-order valence-electron chi connectivity index (χ1n) is 4.40. The van der Waals surface area contributed by atoms with Crippen LogP contribution in [0.25, 0.3) is 0 Å². The third kappa shape index (κ3) is 7.97. The van der Waals surface area contributed by atoms with Crippen molar-refractivity contribution >= 4 is 11.8 Å². The zero-order valence-corrected chi connectivity index (χ0v) is 9.13. The topological polar surface area (TPSA) is 12.0 Å². The molecule has 1 nitrogen and oxygen atoms in total. The van der Waals surface area contributed by atoms with Gasteiger partial charge in [-0.15, -0.1) is 11.8 Å². The first kappa shape index (κ1) is 11.9. The molecule has 1 unspecified atom stereocenters. The van der Waals surface area contributed by atoms with E-state index in [9.17, 15) is 0 Å². The summed E-state index contributed by atoms with van der Waals surface area (Å²) in [5, 5.41) is 3.39. The van der Waals surface area contributed by atoms with Gasteiger partial charge >= 0.3 is 0 Å². The molecular formula is C10H19NS. The van der Waals surface area contributed by atoms with Crippen LogP contribution in [0.4, 0.5) is 0 Å². The van der Waals surface area contributed by atoms with Crippen molar-refractivity contribution in [2.24, 2.45) is 5.92 Å². The molecule has 1 N–H and O–H groups in total. The molecule has 0 aromatic carbocycles. The number of rotatable bonds is 6. The molecular weight excluding hydrogens is 166 g/mol. The van der Waals surface area contributed by atoms with Crippen molar-refractivity contribution in [3.05, 3.63) is 0 Å². The third-order valence-electron chi connectivity index (χ3n) is 1.55. The molecule has 0 spiro atoms. The summed E-state index contributed by atoms with van der Waals surface area (Å²) in [6.07, 6.45) is 3.13. The van der Waals surface area contributed by atoms with Gasteiger partial charge in [0.25, 0.3) is 0 Å². The highest BCUT2D eigenvalue weighted by Crippen LogP contribution is 2.02. The number of nitrogens with one attached hydrogen (secondary N) is 1. The summed E-state index contributed by atoms with van der Waals surface area (Å²) in [5.74, 6) is 7.94. The zero-order chi connectivity index (χ0) is 9.23. The van der Waals surface area contributed by atoms with Crippen LogP contribution >= 0.6 is 11.8 Å². The van der Waals surface area contributed by atoms with E-state index in [4.69, 9.17) is 0 Å². The van der Waals surface area contributed by atoms with Crippen LogP contribution in [0, 0.1) is 17.8 Å². The molecule has 1 atom stereocenters. The fraction of sp³-hybridized carbons (Fsp3) is 0.800. The van der Waals surface area contributed by atoms with E-state index in [0.717, 1.165) is 25.4 Å². The van der Waals surface area contributed by atoms with Crippen LogP contribution in [0.1, 0.15) is 20.3 Å². The molecule has 0 amide bonds. The van der Waals surface area contributed by atoms with E-state index in [2.05, 4.69) is 30.3 Å². The predicted octanol–water partition coefficient (Wildman–Crippen LogP) is 1.99. The fourth-order valence-electron chi connectivity index (χ4n) is 0.968. The quantitative estimate of drug-likeness (QED) is 0.502. The van der Waals surface area contributed by atoms with E-state index in [1.165, 1.54) is 5.75 Å². The lowest BCUT2D eigenvalue weighted by Gasteiger charge is -2.09. The standard InChI is InChI=1S/C10H19NS/c1-4-5-6-7-11-8-10(2)9-12-3/h10-11H,6-9H2,1-3H3. The Morgan fingerprint density at radius 2 is 2.25 bits per heavy atom. The van der Waals surface area contributed by atoms with E-state index < -0.39 is 0 Å². The van der Waals surface area contributed by atoms with Crippen molar-refractivity contribution in [3.63, 3.8) is 0 Å². The Labute approximate surface area is 80.7 Å². The van der Waals surface area contributed by atoms with Gasteiger partial charge in [-0.2, -0.15) is 11.8 Å². The van der Waals surface area contributed by atoms with Crippen molar-refractivity contribution in [1.29, 1.82) is 0 Å². The summed E-state index contributed by atoms with van der Waals surface area (Å²) < 4.78 is 0. The molecule has 0 saturated carbocycles. The van der Waals surface area contributed by atoms with Gasteiger partial charge in [0, 0.05) is 13.0 Å². The average molecular weight is 185 g/mol. The van der Waals surface area contributed by atoms with Crippen molar-refractivity contribution in [2.45, 2.75) is 20.3 Å². The maximum atomic E-state index is 3.39. The van der Waals surface area contributed by atoms with E-state index in [1.807, 2.05) is 18.7 Å². The molecule has 2 heteroatoms. The maximum Gasteiger partial charge on any atom is 0.0214 e. The monoisotopic (exact) mass is 185 g/mol. The predicted molar refractivity (Wildman–Crippen MR) is 58.5 cm³/mol. The molecule has 0 fully saturated rings. The van der Waals surface area contributed by atoms with Gasteiger partial charge in [0.1, 0.15) is 0 Å². The summed E-state index contributed by atoms with van der Waals surface area (Å²) in [4.78, 5) is 0. The van der Waals surface area contributed by atoms with Crippen LogP contribution in [0.3, 0.4) is 0 Å². The van der Waals surface area contributed by atoms with Gasteiger partial charge in [-0.05, 0) is 31.4 Å². The zero-order valence-electron chi connectivity index (χ0n) is 8.31. The third-order valence-corrected chi connectivity index (χ3v) is 2.45. The van der Waals surface area contributed by atoms with E-state index in [-0.39, 0.29) is 0 Å². The molecule has 0 rings (SSSR count). The Bertz CT molecular complexity index is 146. The first-order valence-corrected chi connectivity index (χ1v) is 5.80. The fourth-order valence-corrected chi connectivity index (χ4v) is 1.65. The molecule has 0 aromatic heterocycles. The molecule has 12 heavy (non-hydrogen) atoms. The summed E-state index contributed by atoms with van der Waals surface area (Å²) >= 11 is 1.91. The normalized spacial score (nSPS) is 11.9. The van der Waals surface area contributed by atoms with Crippen LogP contribution in [-0.2, 0) is 0 Å². The molecule has 0 aliphatic rings. The van der Waals surface area contributed by atoms with Gasteiger partial charge < -0.3 is 5.32 Å². The second-order valence-electron chi connectivity index (χ2n) is 2.94. The van der Waals surface area contributed by atoms with Gasteiger partial charge in [0.2, 0.25) is 0 Å². The van der Waals surface area contributed by atoms with Gasteiger partial charge in [-0.1, -0.05) is 6.92 Å². The minimum absolute atomic E-state index is 0.773. The minimum Gasteiger partial charge on any atom is -0.315 e. The Morgan fingerprint density at radius 3 is 2.83 bits per heavy atom. The van der Waals surface area contributed by atoms with E-state index >= 15 is 0 Å². The Kier molecular flexibility index (Phi) is 8.86. The Balaban J connectivity index is 3.11. The van der Waals surface area contributed by atoms with Crippen molar-refractivity contribution in [3.8, 4) is 11.8 Å². The largest absolute Gasteiger partial charge is 0.315 e. The van der Waals surface area contributed by atoms with Crippen molar-refractivity contribution < 1.29 is 0 Å². The van der Waals surface area contributed by atoms with Gasteiger partial charge in [-0.25, -0.2) is 0 Å². The number of thioether (sulfide) groups is 1. The molecule has 0 aliphatic carbocycles. The average Bonchev–Trinajstić information content (AvgIpc) is 2.05. The lowest BCUT2D eigenvalue weighted by molar-refractivity contribution is 0.565. The summed E-state index contributed by atoms with van der Waals surface area (Å²) in [5.41, 5.74) is 0. The minimum atomic E-state index is 0.773. The molecule has 0 bridgehead atoms. The lowest BCUT2D eigenvalue weighted by atomic mass is 10.2. The van der Waals surface area contributed by atoms with Crippen molar-refractivity contribution in [2.75, 3.05) is 25.1 Å². The van der Waals surface area contributed by atoms with Crippen LogP contribution < -0.4 is 5.32 Å². The highest BCUT2D eigenvalue weighted by molar-refractivity contribution is 7.98. The van der Waals surface area contributed by atoms with E-state index in [1.54, 1.807) is 0 Å². The molecule has 70 valence electrons. The van der Waals surface area contributed by atoms with Crippen molar-refractivity contribution in [1.82, 2.24) is 5.32 Å². The summed E-state index contributed by atoms with van der Waals surface area (Å²) in [6.45, 7) is 6.30. The van der Waals surface area contributed by atoms with Crippen LogP contribution in [-0.4, -0.2) is 25.1 Å². The second-order valence-corrected chi connectivity index (χ2v) is 3.85. The molecule has 0 heterocycles. The van der Waals surface area contributed by atoms with Gasteiger partial charge in [0.05, 0.1) is 0 Å². The Hall–Kier alpha value is -0.130.